The third-order valence-electron chi connectivity index (χ3n) is 1.22. The maximum Gasteiger partial charge on any atom is 0.239 e. The van der Waals surface area contributed by atoms with E-state index in [1.54, 1.807) is 6.20 Å². The molecule has 0 fully saturated rings. The molecule has 0 saturated heterocycles. The molecule has 0 spiro atoms. The van der Waals surface area contributed by atoms with E-state index in [1.165, 1.54) is 0 Å². The van der Waals surface area contributed by atoms with Gasteiger partial charge in [0.05, 0.1) is 12.7 Å². The number of aromatic amines is 1. The van der Waals surface area contributed by atoms with Gasteiger partial charge in [0.25, 0.3) is 0 Å². The first kappa shape index (κ1) is 5.40. The lowest BCUT2D eigenvalue weighted by molar-refractivity contribution is 0.347. The minimum Gasteiger partial charge on any atom is -0.474 e. The van der Waals surface area contributed by atoms with E-state index >= 15 is 0 Å². The second kappa shape index (κ2) is 2.09. The molecule has 1 N–H and O–H groups in total. The molecule has 1 aliphatic rings. The van der Waals surface area contributed by atoms with Gasteiger partial charge in [0.2, 0.25) is 5.90 Å². The van der Waals surface area contributed by atoms with Crippen LogP contribution in [0.4, 0.5) is 0 Å². The predicted octanol–water partition coefficient (Wildman–Crippen LogP) is -0.419. The zero-order chi connectivity index (χ0) is 6.81. The molecular formula is C5H6N4O. The summed E-state index contributed by atoms with van der Waals surface area (Å²) in [6, 6.07) is 0. The fourth-order valence-corrected chi connectivity index (χ4v) is 0.795. The van der Waals surface area contributed by atoms with Gasteiger partial charge in [-0.2, -0.15) is 15.4 Å². The Morgan fingerprint density at radius 2 is 2.60 bits per heavy atom. The molecular weight excluding hydrogens is 132 g/mol. The number of hydrogen-bond acceptors (Lipinski definition) is 4. The molecule has 0 radical (unpaired) electrons. The summed E-state index contributed by atoms with van der Waals surface area (Å²) in [4.78, 5) is 4.05. The number of nitrogens with one attached hydrogen (secondary N) is 1. The molecule has 5 nitrogen and oxygen atoms in total. The van der Waals surface area contributed by atoms with Crippen LogP contribution in [0, 0.1) is 0 Å². The van der Waals surface area contributed by atoms with Crippen LogP contribution in [0.2, 0.25) is 0 Å². The summed E-state index contributed by atoms with van der Waals surface area (Å²) in [5, 5.41) is 9.92. The van der Waals surface area contributed by atoms with Crippen LogP contribution in [-0.4, -0.2) is 34.5 Å². The minimum absolute atomic E-state index is 0.591. The van der Waals surface area contributed by atoms with Gasteiger partial charge < -0.3 is 4.74 Å². The average molecular weight is 138 g/mol. The van der Waals surface area contributed by atoms with E-state index in [0.29, 0.717) is 18.2 Å². The SMILES string of the molecule is c1n[nH]nc1C1=NCCO1. The van der Waals surface area contributed by atoms with Gasteiger partial charge in [0, 0.05) is 0 Å². The quantitative estimate of drug-likeness (QED) is 0.573. The van der Waals surface area contributed by atoms with Gasteiger partial charge in [0.15, 0.2) is 5.69 Å². The maximum atomic E-state index is 5.12. The summed E-state index contributed by atoms with van der Waals surface area (Å²) >= 11 is 0. The van der Waals surface area contributed by atoms with Crippen LogP contribution in [0.25, 0.3) is 0 Å². The van der Waals surface area contributed by atoms with Crippen molar-refractivity contribution in [1.82, 2.24) is 15.4 Å². The van der Waals surface area contributed by atoms with E-state index in [4.69, 9.17) is 4.74 Å². The molecule has 0 unspecified atom stereocenters. The lowest BCUT2D eigenvalue weighted by Gasteiger charge is -1.92. The summed E-state index contributed by atoms with van der Waals surface area (Å²) < 4.78 is 5.12. The van der Waals surface area contributed by atoms with Gasteiger partial charge in [-0.3, -0.25) is 0 Å². The van der Waals surface area contributed by atoms with Crippen molar-refractivity contribution in [2.75, 3.05) is 13.2 Å². The van der Waals surface area contributed by atoms with Crippen molar-refractivity contribution >= 4 is 5.90 Å². The Hall–Kier alpha value is -1.39. The van der Waals surface area contributed by atoms with Crippen LogP contribution in [0.5, 0.6) is 0 Å². The van der Waals surface area contributed by atoms with E-state index in [9.17, 15) is 0 Å². The molecule has 0 aromatic carbocycles. The van der Waals surface area contributed by atoms with E-state index in [0.717, 1.165) is 6.54 Å². The van der Waals surface area contributed by atoms with Crippen molar-refractivity contribution in [2.45, 2.75) is 0 Å². The average Bonchev–Trinajstić information content (AvgIpc) is 2.59. The van der Waals surface area contributed by atoms with E-state index < -0.39 is 0 Å². The Labute approximate surface area is 57.1 Å². The Balaban J connectivity index is 2.28. The Morgan fingerprint density at radius 1 is 1.60 bits per heavy atom. The van der Waals surface area contributed by atoms with Crippen molar-refractivity contribution in [3.63, 3.8) is 0 Å². The van der Waals surface area contributed by atoms with Crippen molar-refractivity contribution in [3.05, 3.63) is 11.9 Å². The number of aliphatic imine (C=N–C) groups is 1. The number of aromatic nitrogens is 3. The number of hydrogen-bond donors (Lipinski definition) is 1. The van der Waals surface area contributed by atoms with Crippen molar-refractivity contribution in [2.24, 2.45) is 4.99 Å². The molecule has 5 heteroatoms. The molecule has 52 valence electrons. The van der Waals surface area contributed by atoms with Gasteiger partial charge in [-0.25, -0.2) is 4.99 Å². The standard InChI is InChI=1S/C5H6N4O/c1-2-10-5(6-1)4-3-7-9-8-4/h3H,1-2H2,(H,7,8,9). The van der Waals surface area contributed by atoms with Gasteiger partial charge in [-0.15, -0.1) is 0 Å². The first-order chi connectivity index (χ1) is 4.97. The number of rotatable bonds is 1. The fourth-order valence-electron chi connectivity index (χ4n) is 0.795. The maximum absolute atomic E-state index is 5.12. The monoisotopic (exact) mass is 138 g/mol. The third-order valence-corrected chi connectivity index (χ3v) is 1.22. The first-order valence-electron chi connectivity index (χ1n) is 3.00. The lowest BCUT2D eigenvalue weighted by atomic mass is 10.5. The van der Waals surface area contributed by atoms with Crippen LogP contribution in [-0.2, 0) is 4.74 Å². The van der Waals surface area contributed by atoms with Gasteiger partial charge in [-0.1, -0.05) is 0 Å². The zero-order valence-electron chi connectivity index (χ0n) is 5.24. The van der Waals surface area contributed by atoms with Crippen LogP contribution < -0.4 is 0 Å². The number of nitrogens with zero attached hydrogens (tertiary/aromatic N) is 3. The molecule has 0 aliphatic carbocycles. The topological polar surface area (TPSA) is 63.2 Å². The third kappa shape index (κ3) is 0.754. The van der Waals surface area contributed by atoms with Crippen molar-refractivity contribution in [3.8, 4) is 0 Å². The normalized spacial score (nSPS) is 16.6. The Bertz CT molecular complexity index is 240. The number of ether oxygens (including phenoxy) is 1. The second-order valence-electron chi connectivity index (χ2n) is 1.89. The van der Waals surface area contributed by atoms with Gasteiger partial charge in [-0.05, 0) is 0 Å². The molecule has 1 aromatic rings. The lowest BCUT2D eigenvalue weighted by Crippen LogP contribution is -2.00. The minimum atomic E-state index is 0.591. The highest BCUT2D eigenvalue weighted by Gasteiger charge is 2.11. The molecule has 2 rings (SSSR count). The highest BCUT2D eigenvalue weighted by molar-refractivity contribution is 5.92. The molecule has 0 bridgehead atoms. The zero-order valence-corrected chi connectivity index (χ0v) is 5.24. The van der Waals surface area contributed by atoms with Crippen LogP contribution in [0.3, 0.4) is 0 Å². The molecule has 0 saturated carbocycles. The first-order valence-corrected chi connectivity index (χ1v) is 3.00. The van der Waals surface area contributed by atoms with Gasteiger partial charge >= 0.3 is 0 Å². The highest BCUT2D eigenvalue weighted by Crippen LogP contribution is 2.01. The summed E-state index contributed by atoms with van der Waals surface area (Å²) in [6.07, 6.45) is 1.59. The van der Waals surface area contributed by atoms with E-state index in [1.807, 2.05) is 0 Å². The summed E-state index contributed by atoms with van der Waals surface area (Å²) in [6.45, 7) is 1.38. The van der Waals surface area contributed by atoms with Gasteiger partial charge in [0.1, 0.15) is 6.61 Å². The number of H-pyrrole nitrogens is 1. The molecule has 1 aromatic heterocycles. The smallest absolute Gasteiger partial charge is 0.239 e. The highest BCUT2D eigenvalue weighted by atomic mass is 16.5. The van der Waals surface area contributed by atoms with Crippen LogP contribution in [0.15, 0.2) is 11.2 Å². The largest absolute Gasteiger partial charge is 0.474 e. The molecule has 1 aliphatic heterocycles. The van der Waals surface area contributed by atoms with Crippen LogP contribution >= 0.6 is 0 Å². The summed E-state index contributed by atoms with van der Waals surface area (Å²) in [5.74, 6) is 0.591. The Morgan fingerprint density at radius 3 is 3.20 bits per heavy atom. The molecule has 10 heavy (non-hydrogen) atoms. The molecule has 0 atom stereocenters. The van der Waals surface area contributed by atoms with E-state index in [-0.39, 0.29) is 0 Å². The summed E-state index contributed by atoms with van der Waals surface area (Å²) in [7, 11) is 0. The van der Waals surface area contributed by atoms with Crippen molar-refractivity contribution < 1.29 is 4.74 Å². The summed E-state index contributed by atoms with van der Waals surface area (Å²) in [5.41, 5.74) is 0.678. The van der Waals surface area contributed by atoms with Crippen LogP contribution in [0.1, 0.15) is 5.69 Å². The second-order valence-corrected chi connectivity index (χ2v) is 1.89. The van der Waals surface area contributed by atoms with Crippen molar-refractivity contribution in [1.29, 1.82) is 0 Å². The molecule has 0 amide bonds. The Kier molecular flexibility index (Phi) is 1.13. The molecule has 2 heterocycles. The van der Waals surface area contributed by atoms with E-state index in [2.05, 4.69) is 20.4 Å². The predicted molar refractivity (Wildman–Crippen MR) is 33.7 cm³/mol. The fraction of sp³-hybridized carbons (Fsp3) is 0.400.